The predicted octanol–water partition coefficient (Wildman–Crippen LogP) is -1.08. The average molecular weight is 184 g/mol. The van der Waals surface area contributed by atoms with Crippen LogP contribution in [0.3, 0.4) is 0 Å². The van der Waals surface area contributed by atoms with Crippen molar-refractivity contribution in [3.8, 4) is 0 Å². The van der Waals surface area contributed by atoms with Crippen molar-refractivity contribution in [2.24, 2.45) is 7.05 Å². The fourth-order valence-electron chi connectivity index (χ4n) is 0.648. The zero-order valence-corrected chi connectivity index (χ0v) is 7.13. The number of hydrogen-bond donors (Lipinski definition) is 1. The molecule has 1 heterocycles. The normalized spacial score (nSPS) is 11.7. The minimum Gasteiger partial charge on any atom is -0.478 e. The molecule has 1 rings (SSSR count). The Labute approximate surface area is 72.9 Å². The molecule has 7 nitrogen and oxygen atoms in total. The molecule has 0 aliphatic carbocycles. The van der Waals surface area contributed by atoms with Gasteiger partial charge in [0.05, 0.1) is 5.57 Å². The summed E-state index contributed by atoms with van der Waals surface area (Å²) in [6.07, 6.45) is 1.11. The number of nitrogens with zero attached hydrogens (tertiary/aromatic N) is 4. The lowest BCUT2D eigenvalue weighted by Crippen LogP contribution is -2.20. The van der Waals surface area contributed by atoms with E-state index in [-0.39, 0.29) is 5.57 Å². The molecule has 1 aromatic heterocycles. The van der Waals surface area contributed by atoms with Gasteiger partial charge in [-0.15, -0.1) is 0 Å². The second kappa shape index (κ2) is 3.21. The highest BCUT2D eigenvalue weighted by Gasteiger charge is 2.03. The van der Waals surface area contributed by atoms with Gasteiger partial charge in [0.2, 0.25) is 0 Å². The van der Waals surface area contributed by atoms with Crippen molar-refractivity contribution in [1.29, 1.82) is 0 Å². The molecule has 1 aromatic rings. The van der Waals surface area contributed by atoms with Gasteiger partial charge in [-0.2, -0.15) is 9.36 Å². The van der Waals surface area contributed by atoms with E-state index < -0.39 is 11.7 Å². The summed E-state index contributed by atoms with van der Waals surface area (Å²) < 4.78 is 1.87. The number of tetrazole rings is 1. The average Bonchev–Trinajstić information content (AvgIpc) is 2.36. The van der Waals surface area contributed by atoms with Crippen LogP contribution in [0.4, 0.5) is 0 Å². The second-order valence-corrected chi connectivity index (χ2v) is 2.45. The number of aliphatic carboxylic acids is 1. The third-order valence-electron chi connectivity index (χ3n) is 1.40. The molecule has 0 amide bonds. The van der Waals surface area contributed by atoms with Gasteiger partial charge in [0.15, 0.2) is 0 Å². The number of carbonyl (C=O) groups is 1. The number of rotatable bonds is 2. The fourth-order valence-corrected chi connectivity index (χ4v) is 0.648. The van der Waals surface area contributed by atoms with Gasteiger partial charge in [-0.3, -0.25) is 0 Å². The Morgan fingerprint density at radius 1 is 1.54 bits per heavy atom. The molecule has 0 atom stereocenters. The molecular formula is C6H8N4O3. The summed E-state index contributed by atoms with van der Waals surface area (Å²) in [5.74, 6) is -1.10. The fraction of sp³-hybridized carbons (Fsp3) is 0.333. The molecule has 0 saturated carbocycles. The number of aromatic nitrogens is 4. The van der Waals surface area contributed by atoms with E-state index >= 15 is 0 Å². The topological polar surface area (TPSA) is 90.0 Å². The summed E-state index contributed by atoms with van der Waals surface area (Å²) in [7, 11) is 1.43. The Hall–Kier alpha value is -1.92. The van der Waals surface area contributed by atoms with Crippen LogP contribution >= 0.6 is 0 Å². The SMILES string of the molecule is CC(=Cn1nnn(C)c1=O)C(=O)O. The number of carboxylic acids is 1. The largest absolute Gasteiger partial charge is 0.478 e. The van der Waals surface area contributed by atoms with Crippen LogP contribution in [0.5, 0.6) is 0 Å². The minimum absolute atomic E-state index is 0.0163. The van der Waals surface area contributed by atoms with Crippen molar-refractivity contribution >= 4 is 12.2 Å². The zero-order chi connectivity index (χ0) is 10.0. The summed E-state index contributed by atoms with van der Waals surface area (Å²) in [5.41, 5.74) is -0.469. The van der Waals surface area contributed by atoms with E-state index in [2.05, 4.69) is 10.4 Å². The molecule has 0 aliphatic heterocycles. The van der Waals surface area contributed by atoms with Crippen LogP contribution in [0.15, 0.2) is 10.4 Å². The number of aryl methyl sites for hydroxylation is 1. The van der Waals surface area contributed by atoms with E-state index in [1.165, 1.54) is 14.0 Å². The molecule has 0 unspecified atom stereocenters. The standard InChI is InChI=1S/C6H8N4O3/c1-4(5(11)12)3-10-6(13)9(2)7-8-10/h3H,1-2H3,(H,11,12). The molecular weight excluding hydrogens is 176 g/mol. The number of hydrogen-bond acceptors (Lipinski definition) is 4. The van der Waals surface area contributed by atoms with Gasteiger partial charge < -0.3 is 5.11 Å². The van der Waals surface area contributed by atoms with Crippen LogP contribution in [-0.2, 0) is 11.8 Å². The first kappa shape index (κ1) is 9.17. The lowest BCUT2D eigenvalue weighted by molar-refractivity contribution is -0.132. The lowest BCUT2D eigenvalue weighted by Gasteiger charge is -1.90. The molecule has 1 N–H and O–H groups in total. The van der Waals surface area contributed by atoms with Crippen LogP contribution in [-0.4, -0.2) is 30.9 Å². The van der Waals surface area contributed by atoms with E-state index in [1.54, 1.807) is 0 Å². The van der Waals surface area contributed by atoms with Crippen LogP contribution in [0, 0.1) is 0 Å². The summed E-state index contributed by atoms with van der Waals surface area (Å²) in [6.45, 7) is 1.36. The van der Waals surface area contributed by atoms with E-state index in [1.807, 2.05) is 0 Å². The third-order valence-corrected chi connectivity index (χ3v) is 1.40. The molecule has 0 bridgehead atoms. The first-order valence-corrected chi connectivity index (χ1v) is 3.42. The first-order chi connectivity index (χ1) is 6.02. The molecule has 0 fully saturated rings. The minimum atomic E-state index is -1.10. The zero-order valence-electron chi connectivity index (χ0n) is 7.13. The highest BCUT2D eigenvalue weighted by molar-refractivity contribution is 5.89. The molecule has 7 heteroatoms. The molecule has 70 valence electrons. The van der Waals surface area contributed by atoms with Gasteiger partial charge in [-0.1, -0.05) is 0 Å². The second-order valence-electron chi connectivity index (χ2n) is 2.45. The number of carboxylic acid groups (broad SMARTS) is 1. The van der Waals surface area contributed by atoms with Crippen LogP contribution < -0.4 is 5.69 Å². The van der Waals surface area contributed by atoms with Crippen molar-refractivity contribution in [1.82, 2.24) is 19.8 Å². The quantitative estimate of drug-likeness (QED) is 0.590. The maximum absolute atomic E-state index is 11.1. The van der Waals surface area contributed by atoms with Gasteiger partial charge in [0, 0.05) is 13.2 Å². The Balaban J connectivity index is 3.12. The van der Waals surface area contributed by atoms with Crippen LogP contribution in [0.1, 0.15) is 6.92 Å². The molecule has 0 aliphatic rings. The van der Waals surface area contributed by atoms with E-state index in [0.29, 0.717) is 0 Å². The van der Waals surface area contributed by atoms with Gasteiger partial charge in [0.1, 0.15) is 0 Å². The van der Waals surface area contributed by atoms with Crippen molar-refractivity contribution in [2.75, 3.05) is 0 Å². The maximum atomic E-state index is 11.1. The monoisotopic (exact) mass is 184 g/mol. The summed E-state index contributed by atoms with van der Waals surface area (Å²) in [5, 5.41) is 15.3. The van der Waals surface area contributed by atoms with Crippen molar-refractivity contribution in [3.63, 3.8) is 0 Å². The van der Waals surface area contributed by atoms with Crippen molar-refractivity contribution < 1.29 is 9.90 Å². The van der Waals surface area contributed by atoms with Crippen molar-refractivity contribution in [3.05, 3.63) is 16.1 Å². The highest BCUT2D eigenvalue weighted by atomic mass is 16.4. The van der Waals surface area contributed by atoms with Gasteiger partial charge >= 0.3 is 11.7 Å². The van der Waals surface area contributed by atoms with E-state index in [0.717, 1.165) is 15.6 Å². The lowest BCUT2D eigenvalue weighted by atomic mass is 10.3. The molecule has 0 spiro atoms. The van der Waals surface area contributed by atoms with Crippen LogP contribution in [0.25, 0.3) is 6.20 Å². The summed E-state index contributed by atoms with van der Waals surface area (Å²) in [6, 6.07) is 0. The first-order valence-electron chi connectivity index (χ1n) is 3.42. The smallest absolute Gasteiger partial charge is 0.367 e. The van der Waals surface area contributed by atoms with Gasteiger partial charge in [0.25, 0.3) is 0 Å². The summed E-state index contributed by atoms with van der Waals surface area (Å²) >= 11 is 0. The van der Waals surface area contributed by atoms with Gasteiger partial charge in [-0.25, -0.2) is 9.59 Å². The maximum Gasteiger partial charge on any atom is 0.367 e. The van der Waals surface area contributed by atoms with E-state index in [4.69, 9.17) is 5.11 Å². The van der Waals surface area contributed by atoms with E-state index in [9.17, 15) is 9.59 Å². The Morgan fingerprint density at radius 2 is 2.15 bits per heavy atom. The van der Waals surface area contributed by atoms with Gasteiger partial charge in [-0.05, 0) is 17.4 Å². The predicted molar refractivity (Wildman–Crippen MR) is 42.8 cm³/mol. The molecule has 0 saturated heterocycles. The molecule has 0 radical (unpaired) electrons. The third kappa shape index (κ3) is 1.81. The van der Waals surface area contributed by atoms with Crippen LogP contribution in [0.2, 0.25) is 0 Å². The Bertz CT molecular complexity index is 414. The Morgan fingerprint density at radius 3 is 2.54 bits per heavy atom. The Kier molecular flexibility index (Phi) is 2.27. The molecule has 13 heavy (non-hydrogen) atoms. The molecule has 0 aromatic carbocycles. The summed E-state index contributed by atoms with van der Waals surface area (Å²) in [4.78, 5) is 21.5. The van der Waals surface area contributed by atoms with Crippen molar-refractivity contribution in [2.45, 2.75) is 6.92 Å². The highest BCUT2D eigenvalue weighted by Crippen LogP contribution is 1.91.